The Morgan fingerprint density at radius 1 is 1.50 bits per heavy atom. The number of halogens is 3. The third-order valence-corrected chi connectivity index (χ3v) is 3.61. The first-order chi connectivity index (χ1) is 6.33. The van der Waals surface area contributed by atoms with Gasteiger partial charge in [0.2, 0.25) is 7.37 Å². The van der Waals surface area contributed by atoms with E-state index in [1.54, 1.807) is 0 Å². The van der Waals surface area contributed by atoms with Gasteiger partial charge in [-0.2, -0.15) is 13.2 Å². The molecule has 0 radical (unpaired) electrons. The average Bonchev–Trinajstić information content (AvgIpc) is 2.10. The molecule has 0 aromatic heterocycles. The fraction of sp³-hybridized carbons (Fsp3) is 0.750. The van der Waals surface area contributed by atoms with E-state index in [-0.39, 0.29) is 6.16 Å². The predicted molar refractivity (Wildman–Crippen MR) is 49.6 cm³/mol. The summed E-state index contributed by atoms with van der Waals surface area (Å²) >= 11 is 0. The van der Waals surface area contributed by atoms with Crippen molar-refractivity contribution in [2.45, 2.75) is 25.9 Å². The van der Waals surface area contributed by atoms with E-state index in [0.717, 1.165) is 12.2 Å². The third kappa shape index (κ3) is 6.22. The maximum absolute atomic E-state index is 11.8. The Kier molecular flexibility index (Phi) is 5.45. The van der Waals surface area contributed by atoms with Crippen molar-refractivity contribution in [2.75, 3.05) is 12.8 Å². The lowest BCUT2D eigenvalue weighted by atomic mass is 10.4. The van der Waals surface area contributed by atoms with Crippen molar-refractivity contribution in [3.63, 3.8) is 0 Å². The molecule has 2 nitrogen and oxygen atoms in total. The first-order valence-corrected chi connectivity index (χ1v) is 6.14. The van der Waals surface area contributed by atoms with Gasteiger partial charge in [0.25, 0.3) is 0 Å². The predicted octanol–water partition coefficient (Wildman–Crippen LogP) is 3.79. The molecule has 1 atom stereocenters. The van der Waals surface area contributed by atoms with Gasteiger partial charge < -0.3 is 4.52 Å². The Morgan fingerprint density at radius 3 is 2.43 bits per heavy atom. The van der Waals surface area contributed by atoms with Gasteiger partial charge in [-0.15, -0.1) is 0 Å². The second-order valence-electron chi connectivity index (χ2n) is 2.87. The summed E-state index contributed by atoms with van der Waals surface area (Å²) in [6, 6.07) is 0. The van der Waals surface area contributed by atoms with Gasteiger partial charge in [-0.3, -0.25) is 4.57 Å². The standard InChI is InChI=1S/C8H14F3O2P/c1-3-5-6-14(12,4-2)13-7-8(9,10)11/h4H,2-3,5-7H2,1H3. The smallest absolute Gasteiger partial charge is 0.316 e. The molecule has 0 aliphatic carbocycles. The molecule has 0 aliphatic rings. The quantitative estimate of drug-likeness (QED) is 0.649. The molecule has 0 spiro atoms. The van der Waals surface area contributed by atoms with E-state index in [1.807, 2.05) is 6.92 Å². The fourth-order valence-corrected chi connectivity index (χ4v) is 2.31. The minimum Gasteiger partial charge on any atom is -0.316 e. The summed E-state index contributed by atoms with van der Waals surface area (Å²) < 4.78 is 51.2. The van der Waals surface area contributed by atoms with Crippen LogP contribution in [0, 0.1) is 0 Å². The molecule has 0 fully saturated rings. The fourth-order valence-electron chi connectivity index (χ4n) is 0.769. The topological polar surface area (TPSA) is 26.3 Å². The number of alkyl halides is 3. The van der Waals surface area contributed by atoms with Crippen molar-refractivity contribution in [1.29, 1.82) is 0 Å². The second-order valence-corrected chi connectivity index (χ2v) is 5.40. The Morgan fingerprint density at radius 2 is 2.07 bits per heavy atom. The number of rotatable bonds is 6. The zero-order valence-corrected chi connectivity index (χ0v) is 8.90. The van der Waals surface area contributed by atoms with Gasteiger partial charge in [-0.1, -0.05) is 19.9 Å². The van der Waals surface area contributed by atoms with Crippen LogP contribution in [0.1, 0.15) is 19.8 Å². The van der Waals surface area contributed by atoms with E-state index in [1.165, 1.54) is 0 Å². The molecule has 0 heterocycles. The van der Waals surface area contributed by atoms with Crippen molar-refractivity contribution in [2.24, 2.45) is 0 Å². The first kappa shape index (κ1) is 13.7. The Hall–Kier alpha value is -0.280. The van der Waals surface area contributed by atoms with E-state index in [0.29, 0.717) is 6.42 Å². The minimum atomic E-state index is -4.44. The van der Waals surface area contributed by atoms with Gasteiger partial charge in [-0.05, 0) is 12.2 Å². The summed E-state index contributed by atoms with van der Waals surface area (Å²) in [6.45, 7) is 3.62. The van der Waals surface area contributed by atoms with Crippen LogP contribution in [0.5, 0.6) is 0 Å². The molecule has 0 N–H and O–H groups in total. The molecule has 84 valence electrons. The lowest BCUT2D eigenvalue weighted by molar-refractivity contribution is -0.153. The van der Waals surface area contributed by atoms with Crippen LogP contribution >= 0.6 is 7.37 Å². The zero-order valence-electron chi connectivity index (χ0n) is 8.01. The van der Waals surface area contributed by atoms with Gasteiger partial charge >= 0.3 is 6.18 Å². The summed E-state index contributed by atoms with van der Waals surface area (Å²) in [5.41, 5.74) is 0. The van der Waals surface area contributed by atoms with Gasteiger partial charge in [0.05, 0.1) is 0 Å². The monoisotopic (exact) mass is 230 g/mol. The molecule has 0 aliphatic heterocycles. The molecule has 1 unspecified atom stereocenters. The maximum Gasteiger partial charge on any atom is 0.412 e. The largest absolute Gasteiger partial charge is 0.412 e. The van der Waals surface area contributed by atoms with Crippen molar-refractivity contribution in [3.8, 4) is 0 Å². The highest BCUT2D eigenvalue weighted by molar-refractivity contribution is 7.62. The van der Waals surface area contributed by atoms with E-state index in [9.17, 15) is 17.7 Å². The van der Waals surface area contributed by atoms with Crippen LogP contribution in [0.4, 0.5) is 13.2 Å². The molecular formula is C8H14F3O2P. The van der Waals surface area contributed by atoms with Gasteiger partial charge in [0.1, 0.15) is 0 Å². The molecule has 0 bridgehead atoms. The molecule has 0 aromatic carbocycles. The summed E-state index contributed by atoms with van der Waals surface area (Å²) in [6.07, 6.45) is -2.98. The summed E-state index contributed by atoms with van der Waals surface area (Å²) in [7, 11) is -3.27. The van der Waals surface area contributed by atoms with Gasteiger partial charge in [-0.25, -0.2) is 0 Å². The van der Waals surface area contributed by atoms with E-state index < -0.39 is 20.2 Å². The second kappa shape index (κ2) is 5.56. The average molecular weight is 230 g/mol. The van der Waals surface area contributed by atoms with Gasteiger partial charge in [0.15, 0.2) is 6.61 Å². The van der Waals surface area contributed by atoms with Crippen molar-refractivity contribution >= 4 is 7.37 Å². The molecular weight excluding hydrogens is 216 g/mol. The Labute approximate surface area is 81.6 Å². The summed E-state index contributed by atoms with van der Waals surface area (Å²) in [5, 5.41) is 0. The van der Waals surface area contributed by atoms with Crippen LogP contribution in [-0.4, -0.2) is 18.9 Å². The number of hydrogen-bond donors (Lipinski definition) is 0. The van der Waals surface area contributed by atoms with E-state index in [2.05, 4.69) is 11.1 Å². The highest BCUT2D eigenvalue weighted by Gasteiger charge is 2.31. The Bertz CT molecular complexity index is 225. The molecule has 0 saturated carbocycles. The van der Waals surface area contributed by atoms with Gasteiger partial charge in [0, 0.05) is 6.16 Å². The van der Waals surface area contributed by atoms with Crippen LogP contribution in [-0.2, 0) is 9.09 Å². The summed E-state index contributed by atoms with van der Waals surface area (Å²) in [5.74, 6) is 0.994. The lowest BCUT2D eigenvalue weighted by Crippen LogP contribution is -2.16. The molecule has 0 saturated heterocycles. The van der Waals surface area contributed by atoms with Crippen molar-refractivity contribution in [3.05, 3.63) is 12.4 Å². The van der Waals surface area contributed by atoms with E-state index >= 15 is 0 Å². The van der Waals surface area contributed by atoms with Crippen LogP contribution in [0.2, 0.25) is 0 Å². The van der Waals surface area contributed by atoms with Crippen LogP contribution in [0.3, 0.4) is 0 Å². The number of hydrogen-bond acceptors (Lipinski definition) is 2. The van der Waals surface area contributed by atoms with E-state index in [4.69, 9.17) is 0 Å². The minimum absolute atomic E-state index is 0.128. The lowest BCUT2D eigenvalue weighted by Gasteiger charge is -2.15. The maximum atomic E-state index is 11.8. The summed E-state index contributed by atoms with van der Waals surface area (Å²) in [4.78, 5) is 0. The normalized spacial score (nSPS) is 16.3. The molecule has 0 aromatic rings. The number of unbranched alkanes of at least 4 members (excludes halogenated alkanes) is 1. The SMILES string of the molecule is C=CP(=O)(CCCC)OCC(F)(F)F. The highest BCUT2D eigenvalue weighted by Crippen LogP contribution is 2.49. The van der Waals surface area contributed by atoms with Crippen molar-refractivity contribution < 1.29 is 22.3 Å². The highest BCUT2D eigenvalue weighted by atomic mass is 31.2. The molecule has 6 heteroatoms. The third-order valence-electron chi connectivity index (χ3n) is 1.55. The molecule has 0 amide bonds. The van der Waals surface area contributed by atoms with Crippen LogP contribution < -0.4 is 0 Å². The van der Waals surface area contributed by atoms with Crippen LogP contribution in [0.15, 0.2) is 12.4 Å². The first-order valence-electron chi connectivity index (χ1n) is 4.26. The zero-order chi connectivity index (χ0) is 11.2. The molecule has 0 rings (SSSR count). The molecule has 14 heavy (non-hydrogen) atoms. The van der Waals surface area contributed by atoms with Crippen molar-refractivity contribution in [1.82, 2.24) is 0 Å². The Balaban J connectivity index is 4.13. The van der Waals surface area contributed by atoms with Crippen LogP contribution in [0.25, 0.3) is 0 Å².